The Labute approximate surface area is 204 Å². The summed E-state index contributed by atoms with van der Waals surface area (Å²) in [4.78, 5) is 2.53. The second kappa shape index (κ2) is 7.02. The van der Waals surface area contributed by atoms with Crippen LogP contribution in [-0.4, -0.2) is 58.7 Å². The van der Waals surface area contributed by atoms with Crippen LogP contribution in [0, 0.1) is 11.3 Å². The summed E-state index contributed by atoms with van der Waals surface area (Å²) in [5.74, 6) is 0.785. The zero-order chi connectivity index (χ0) is 24.1. The van der Waals surface area contributed by atoms with Gasteiger partial charge >= 0.3 is 0 Å². The second-order valence-corrected chi connectivity index (χ2v) is 12.2. The van der Waals surface area contributed by atoms with Gasteiger partial charge in [-0.25, -0.2) is 0 Å². The van der Waals surface area contributed by atoms with Crippen LogP contribution in [-0.2, 0) is 16.6 Å². The van der Waals surface area contributed by atoms with Crippen molar-refractivity contribution >= 4 is 0 Å². The summed E-state index contributed by atoms with van der Waals surface area (Å²) in [6.45, 7) is 7.45. The van der Waals surface area contributed by atoms with E-state index in [1.807, 2.05) is 6.92 Å². The Bertz CT molecular complexity index is 1050. The van der Waals surface area contributed by atoms with Gasteiger partial charge < -0.3 is 24.6 Å². The SMILES string of the molecule is CCCCCCC(C)(O)C1CC23C=CC1(OC)C1(C)Oc4c(O)ccc5c4[C@]21CCN(C)C3C5. The summed E-state index contributed by atoms with van der Waals surface area (Å²) in [5, 5.41) is 23.0. The van der Waals surface area contributed by atoms with Gasteiger partial charge in [0.15, 0.2) is 11.5 Å². The molecule has 0 aromatic heterocycles. The van der Waals surface area contributed by atoms with Gasteiger partial charge in [0.2, 0.25) is 0 Å². The summed E-state index contributed by atoms with van der Waals surface area (Å²) in [6, 6.07) is 4.24. The number of ether oxygens (including phenoxy) is 2. The number of likely N-dealkylation sites (N-methyl/N-ethyl adjacent to an activating group) is 1. The first-order chi connectivity index (χ1) is 16.1. The Hall–Kier alpha value is -1.56. The zero-order valence-corrected chi connectivity index (χ0v) is 21.5. The molecular weight excluding hydrogens is 426 g/mol. The summed E-state index contributed by atoms with van der Waals surface area (Å²) in [5.41, 5.74) is -0.295. The van der Waals surface area contributed by atoms with Crippen molar-refractivity contribution in [3.8, 4) is 11.5 Å². The topological polar surface area (TPSA) is 62.2 Å². The minimum absolute atomic E-state index is 0.0956. The van der Waals surface area contributed by atoms with Crippen molar-refractivity contribution in [1.82, 2.24) is 4.90 Å². The normalized spacial score (nSPS) is 42.9. The van der Waals surface area contributed by atoms with E-state index in [1.54, 1.807) is 13.2 Å². The first-order valence-corrected chi connectivity index (χ1v) is 13.4. The van der Waals surface area contributed by atoms with Crippen molar-refractivity contribution < 1.29 is 19.7 Å². The number of piperidine rings is 1. The third-order valence-corrected chi connectivity index (χ3v) is 11.0. The molecule has 4 aliphatic carbocycles. The summed E-state index contributed by atoms with van der Waals surface area (Å²) in [7, 11) is 4.04. The molecule has 1 saturated carbocycles. The number of nitrogens with zero attached hydrogens (tertiary/aromatic N) is 1. The lowest BCUT2D eigenvalue weighted by Crippen LogP contribution is -2.85. The van der Waals surface area contributed by atoms with Gasteiger partial charge in [-0.05, 0) is 64.8 Å². The molecule has 7 atom stereocenters. The lowest BCUT2D eigenvalue weighted by atomic mass is 9.32. The van der Waals surface area contributed by atoms with Gasteiger partial charge in [-0.2, -0.15) is 0 Å². The molecule has 0 amide bonds. The number of hydrogen-bond acceptors (Lipinski definition) is 5. The highest BCUT2D eigenvalue weighted by Gasteiger charge is 2.85. The summed E-state index contributed by atoms with van der Waals surface area (Å²) in [6.07, 6.45) is 12.8. The standard InChI is InChI=1S/C29H41NO4/c1-6-7-8-9-12-25(2,32)21-18-27-13-14-29(21,33-5)26(3)28(27)15-16-30(4)22(27)17-19-10-11-20(31)24(34-26)23(19)28/h10-11,13-14,21-22,31-32H,6-9,12,15-18H2,1-5H3/t21?,22?,25?,26?,27?,28-,29?/m0/s1. The minimum atomic E-state index is -0.876. The number of phenols is 1. The van der Waals surface area contributed by atoms with Gasteiger partial charge in [-0.1, -0.05) is 50.8 Å². The van der Waals surface area contributed by atoms with Crippen molar-refractivity contribution in [3.63, 3.8) is 0 Å². The molecule has 1 aromatic carbocycles. The van der Waals surface area contributed by atoms with E-state index in [-0.39, 0.29) is 22.5 Å². The third-order valence-electron chi connectivity index (χ3n) is 11.0. The van der Waals surface area contributed by atoms with Crippen molar-refractivity contribution in [3.05, 3.63) is 35.4 Å². The average molecular weight is 468 g/mol. The fraction of sp³-hybridized carbons (Fsp3) is 0.724. The zero-order valence-electron chi connectivity index (χ0n) is 21.5. The number of methoxy groups -OCH3 is 1. The van der Waals surface area contributed by atoms with E-state index >= 15 is 0 Å². The molecule has 2 aliphatic heterocycles. The molecule has 1 aromatic rings. The van der Waals surface area contributed by atoms with Crippen LogP contribution >= 0.6 is 0 Å². The summed E-state index contributed by atoms with van der Waals surface area (Å²) < 4.78 is 13.5. The number of aromatic hydroxyl groups is 1. The van der Waals surface area contributed by atoms with Crippen molar-refractivity contribution in [2.45, 2.75) is 100 Å². The van der Waals surface area contributed by atoms with Gasteiger partial charge in [0.25, 0.3) is 0 Å². The maximum Gasteiger partial charge on any atom is 0.166 e. The molecular formula is C29H41NO4. The molecule has 6 unspecified atom stereocenters. The maximum absolute atomic E-state index is 12.1. The van der Waals surface area contributed by atoms with Crippen LogP contribution in [0.15, 0.2) is 24.3 Å². The Kier molecular flexibility index (Phi) is 4.72. The molecule has 2 spiro atoms. The number of rotatable bonds is 7. The Morgan fingerprint density at radius 1 is 1.24 bits per heavy atom. The van der Waals surface area contributed by atoms with Crippen molar-refractivity contribution in [1.29, 1.82) is 0 Å². The number of likely N-dealkylation sites (tertiary alicyclic amines) is 1. The monoisotopic (exact) mass is 467 g/mol. The molecule has 34 heavy (non-hydrogen) atoms. The molecule has 7 rings (SSSR count). The summed E-state index contributed by atoms with van der Waals surface area (Å²) >= 11 is 0. The maximum atomic E-state index is 12.1. The minimum Gasteiger partial charge on any atom is -0.504 e. The molecule has 0 radical (unpaired) electrons. The Morgan fingerprint density at radius 2 is 2.03 bits per heavy atom. The van der Waals surface area contributed by atoms with Crippen LogP contribution in [0.2, 0.25) is 0 Å². The van der Waals surface area contributed by atoms with Crippen LogP contribution in [0.3, 0.4) is 0 Å². The number of phenolic OH excluding ortho intramolecular Hbond substituents is 1. The van der Waals surface area contributed by atoms with E-state index in [2.05, 4.69) is 44.0 Å². The molecule has 186 valence electrons. The number of hydrogen-bond donors (Lipinski definition) is 2. The lowest BCUT2D eigenvalue weighted by molar-refractivity contribution is -0.286. The van der Waals surface area contributed by atoms with Gasteiger partial charge in [-0.3, -0.25) is 0 Å². The second-order valence-electron chi connectivity index (χ2n) is 12.2. The fourth-order valence-electron chi connectivity index (χ4n) is 9.47. The number of benzene rings is 1. The number of aliphatic hydroxyl groups is 1. The average Bonchev–Trinajstić information content (AvgIpc) is 3.11. The highest BCUT2D eigenvalue weighted by molar-refractivity contribution is 5.67. The molecule has 1 saturated heterocycles. The van der Waals surface area contributed by atoms with Crippen LogP contribution in [0.25, 0.3) is 0 Å². The molecule has 5 nitrogen and oxygen atoms in total. The molecule has 4 bridgehead atoms. The first kappa shape index (κ1) is 22.9. The molecule has 2 heterocycles. The molecule has 6 aliphatic rings. The van der Waals surface area contributed by atoms with E-state index in [9.17, 15) is 10.2 Å². The van der Waals surface area contributed by atoms with E-state index in [4.69, 9.17) is 9.47 Å². The van der Waals surface area contributed by atoms with Crippen LogP contribution in [0.5, 0.6) is 11.5 Å². The predicted molar refractivity (Wildman–Crippen MR) is 132 cm³/mol. The Balaban J connectivity index is 1.56. The molecule has 2 N–H and O–H groups in total. The van der Waals surface area contributed by atoms with Gasteiger partial charge in [0.1, 0.15) is 11.2 Å². The van der Waals surface area contributed by atoms with Crippen LogP contribution in [0.4, 0.5) is 0 Å². The van der Waals surface area contributed by atoms with Crippen LogP contribution < -0.4 is 4.74 Å². The van der Waals surface area contributed by atoms with E-state index in [0.29, 0.717) is 11.8 Å². The largest absolute Gasteiger partial charge is 0.504 e. The number of unbranched alkanes of at least 4 members (excludes halogenated alkanes) is 3. The fourth-order valence-corrected chi connectivity index (χ4v) is 9.47. The van der Waals surface area contributed by atoms with Gasteiger partial charge in [0, 0.05) is 30.0 Å². The van der Waals surface area contributed by atoms with Crippen molar-refractivity contribution in [2.24, 2.45) is 11.3 Å². The van der Waals surface area contributed by atoms with Crippen molar-refractivity contribution in [2.75, 3.05) is 20.7 Å². The highest BCUT2D eigenvalue weighted by Crippen LogP contribution is 2.79. The third kappa shape index (κ3) is 2.29. The van der Waals surface area contributed by atoms with E-state index < -0.39 is 16.8 Å². The van der Waals surface area contributed by atoms with Crippen LogP contribution in [0.1, 0.15) is 76.8 Å². The number of fused-ring (bicyclic) bond motifs is 1. The Morgan fingerprint density at radius 3 is 2.76 bits per heavy atom. The van der Waals surface area contributed by atoms with Gasteiger partial charge in [-0.15, -0.1) is 0 Å². The quantitative estimate of drug-likeness (QED) is 0.449. The van der Waals surface area contributed by atoms with E-state index in [0.717, 1.165) is 45.1 Å². The van der Waals surface area contributed by atoms with E-state index in [1.165, 1.54) is 24.0 Å². The van der Waals surface area contributed by atoms with Gasteiger partial charge in [0.05, 0.1) is 11.0 Å². The molecule has 5 heteroatoms. The smallest absolute Gasteiger partial charge is 0.166 e. The predicted octanol–water partition coefficient (Wildman–Crippen LogP) is 4.72. The first-order valence-electron chi connectivity index (χ1n) is 13.4. The highest BCUT2D eigenvalue weighted by atomic mass is 16.6. The molecule has 2 fully saturated rings. The lowest BCUT2D eigenvalue weighted by Gasteiger charge is -2.75.